The van der Waals surface area contributed by atoms with Crippen LogP contribution < -0.4 is 16.0 Å². The maximum absolute atomic E-state index is 11.9. The van der Waals surface area contributed by atoms with Gasteiger partial charge in [-0.25, -0.2) is 0 Å². The van der Waals surface area contributed by atoms with E-state index < -0.39 is 0 Å². The normalized spacial score (nSPS) is 10.3. The predicted molar refractivity (Wildman–Crippen MR) is 105 cm³/mol. The van der Waals surface area contributed by atoms with Crippen molar-refractivity contribution in [3.63, 3.8) is 0 Å². The molecule has 0 saturated carbocycles. The molecule has 0 heterocycles. The van der Waals surface area contributed by atoms with Gasteiger partial charge in [0.25, 0.3) is 0 Å². The number of carbonyl (C=O) groups excluding carboxylic acids is 2. The molecule has 0 radical (unpaired) electrons. The fraction of sp³-hybridized carbons (Fsp3) is 0.105. The largest absolute Gasteiger partial charge is 0.332 e. The topological polar surface area (TPSA) is 70.2 Å². The Morgan fingerprint density at radius 1 is 0.920 bits per heavy atom. The smallest absolute Gasteiger partial charge is 0.250 e. The number of nitrogens with one attached hydrogen (secondary N) is 3. The molecule has 0 aliphatic heterocycles. The number of hydrogen-bond acceptors (Lipinski definition) is 3. The first kappa shape index (κ1) is 18.4. The second-order valence-electron chi connectivity index (χ2n) is 5.45. The van der Waals surface area contributed by atoms with Gasteiger partial charge in [0, 0.05) is 24.4 Å². The van der Waals surface area contributed by atoms with Crippen molar-refractivity contribution < 1.29 is 9.59 Å². The number of anilines is 2. The predicted octanol–water partition coefficient (Wildman–Crippen LogP) is 3.48. The van der Waals surface area contributed by atoms with Crippen LogP contribution in [-0.2, 0) is 9.59 Å². The summed E-state index contributed by atoms with van der Waals surface area (Å²) in [5.74, 6) is -0.447. The van der Waals surface area contributed by atoms with Gasteiger partial charge in [-0.15, -0.1) is 0 Å². The molecule has 2 aromatic rings. The van der Waals surface area contributed by atoms with E-state index in [1.54, 1.807) is 30.3 Å². The van der Waals surface area contributed by atoms with Crippen LogP contribution in [0.4, 0.5) is 11.4 Å². The third-order valence-electron chi connectivity index (χ3n) is 3.20. The Balaban J connectivity index is 1.85. The monoisotopic (exact) mass is 353 g/mol. The van der Waals surface area contributed by atoms with E-state index in [4.69, 9.17) is 12.2 Å². The molecule has 2 amide bonds. The van der Waals surface area contributed by atoms with Gasteiger partial charge < -0.3 is 10.6 Å². The summed E-state index contributed by atoms with van der Waals surface area (Å²) in [6.45, 7) is 3.45. The summed E-state index contributed by atoms with van der Waals surface area (Å²) in [5, 5.41) is 8.37. The van der Waals surface area contributed by atoms with E-state index in [9.17, 15) is 9.59 Å². The van der Waals surface area contributed by atoms with E-state index in [2.05, 4.69) is 16.0 Å². The molecule has 128 valence electrons. The van der Waals surface area contributed by atoms with Crippen molar-refractivity contribution in [2.24, 2.45) is 0 Å². The molecule has 0 spiro atoms. The molecule has 0 bridgehead atoms. The average Bonchev–Trinajstić information content (AvgIpc) is 2.55. The van der Waals surface area contributed by atoms with Crippen LogP contribution >= 0.6 is 12.2 Å². The minimum atomic E-state index is -0.312. The first-order chi connectivity index (χ1) is 11.9. The first-order valence-electron chi connectivity index (χ1n) is 7.67. The molecule has 0 aliphatic rings. The fourth-order valence-corrected chi connectivity index (χ4v) is 2.22. The summed E-state index contributed by atoms with van der Waals surface area (Å²) >= 11 is 5.12. The SMILES string of the molecule is CC(=O)Nc1ccc(NC(=S)NC(=O)/C=C/c2ccc(C)cc2)cc1. The molecule has 3 N–H and O–H groups in total. The zero-order chi connectivity index (χ0) is 18.2. The minimum Gasteiger partial charge on any atom is -0.332 e. The van der Waals surface area contributed by atoms with Gasteiger partial charge in [0.1, 0.15) is 0 Å². The molecule has 0 atom stereocenters. The van der Waals surface area contributed by atoms with Crippen molar-refractivity contribution in [1.29, 1.82) is 0 Å². The Labute approximate surface area is 152 Å². The highest BCUT2D eigenvalue weighted by atomic mass is 32.1. The van der Waals surface area contributed by atoms with E-state index in [-0.39, 0.29) is 16.9 Å². The summed E-state index contributed by atoms with van der Waals surface area (Å²) in [6.07, 6.45) is 3.15. The molecule has 25 heavy (non-hydrogen) atoms. The number of benzene rings is 2. The maximum atomic E-state index is 11.9. The molecule has 0 aliphatic carbocycles. The van der Waals surface area contributed by atoms with Gasteiger partial charge in [0.2, 0.25) is 11.8 Å². The Morgan fingerprint density at radius 2 is 1.48 bits per heavy atom. The van der Waals surface area contributed by atoms with Crippen molar-refractivity contribution >= 4 is 46.6 Å². The highest BCUT2D eigenvalue weighted by Gasteiger charge is 2.02. The van der Waals surface area contributed by atoms with Gasteiger partial charge in [-0.2, -0.15) is 0 Å². The van der Waals surface area contributed by atoms with E-state index >= 15 is 0 Å². The second kappa shape index (κ2) is 8.75. The van der Waals surface area contributed by atoms with Crippen molar-refractivity contribution in [2.45, 2.75) is 13.8 Å². The number of carbonyl (C=O) groups is 2. The van der Waals surface area contributed by atoms with Gasteiger partial charge in [-0.05, 0) is 55.0 Å². The summed E-state index contributed by atoms with van der Waals surface area (Å²) in [6, 6.07) is 14.8. The van der Waals surface area contributed by atoms with Gasteiger partial charge in [0.05, 0.1) is 0 Å². The lowest BCUT2D eigenvalue weighted by atomic mass is 10.1. The van der Waals surface area contributed by atoms with Crippen LogP contribution in [-0.4, -0.2) is 16.9 Å². The number of hydrogen-bond donors (Lipinski definition) is 3. The molecule has 0 saturated heterocycles. The standard InChI is InChI=1S/C19H19N3O2S/c1-13-3-5-15(6-4-13)7-12-18(24)22-19(25)21-17-10-8-16(9-11-17)20-14(2)23/h3-12H,1-2H3,(H,20,23)(H2,21,22,24,25)/b12-7+. The lowest BCUT2D eigenvalue weighted by molar-refractivity contribution is -0.115. The molecular formula is C19H19N3O2S. The molecule has 6 heteroatoms. The molecule has 0 fully saturated rings. The average molecular weight is 353 g/mol. The van der Waals surface area contributed by atoms with E-state index in [1.165, 1.54) is 13.0 Å². The third-order valence-corrected chi connectivity index (χ3v) is 3.41. The zero-order valence-corrected chi connectivity index (χ0v) is 14.8. The van der Waals surface area contributed by atoms with Crippen LogP contribution in [0.5, 0.6) is 0 Å². The molecule has 0 aromatic heterocycles. The van der Waals surface area contributed by atoms with Gasteiger partial charge in [-0.1, -0.05) is 29.8 Å². The van der Waals surface area contributed by atoms with Crippen LogP contribution in [0.25, 0.3) is 6.08 Å². The van der Waals surface area contributed by atoms with Crippen LogP contribution in [0.15, 0.2) is 54.6 Å². The lowest BCUT2D eigenvalue weighted by Gasteiger charge is -2.09. The van der Waals surface area contributed by atoms with Crippen molar-refractivity contribution in [2.75, 3.05) is 10.6 Å². The lowest BCUT2D eigenvalue weighted by Crippen LogP contribution is -2.32. The molecular weight excluding hydrogens is 334 g/mol. The van der Waals surface area contributed by atoms with Crippen molar-refractivity contribution in [1.82, 2.24) is 5.32 Å². The van der Waals surface area contributed by atoms with Gasteiger partial charge in [0.15, 0.2) is 5.11 Å². The first-order valence-corrected chi connectivity index (χ1v) is 8.07. The molecule has 2 rings (SSSR count). The molecule has 2 aromatic carbocycles. The molecule has 5 nitrogen and oxygen atoms in total. The number of amides is 2. The molecule has 0 unspecified atom stereocenters. The van der Waals surface area contributed by atoms with E-state index in [0.29, 0.717) is 11.4 Å². The number of thiocarbonyl (C=S) groups is 1. The van der Waals surface area contributed by atoms with Gasteiger partial charge >= 0.3 is 0 Å². The fourth-order valence-electron chi connectivity index (χ4n) is 2.01. The second-order valence-corrected chi connectivity index (χ2v) is 5.85. The zero-order valence-electron chi connectivity index (χ0n) is 14.0. The summed E-state index contributed by atoms with van der Waals surface area (Å²) in [7, 11) is 0. The van der Waals surface area contributed by atoms with Crippen LogP contribution in [0.3, 0.4) is 0 Å². The Bertz CT molecular complexity index is 796. The van der Waals surface area contributed by atoms with Crippen molar-refractivity contribution in [3.05, 3.63) is 65.7 Å². The third kappa shape index (κ3) is 6.56. The summed E-state index contributed by atoms with van der Waals surface area (Å²) in [4.78, 5) is 22.9. The van der Waals surface area contributed by atoms with E-state index in [1.807, 2.05) is 31.2 Å². The Morgan fingerprint density at radius 3 is 2.04 bits per heavy atom. The van der Waals surface area contributed by atoms with Crippen LogP contribution in [0.1, 0.15) is 18.1 Å². The number of aryl methyl sites for hydroxylation is 1. The Kier molecular flexibility index (Phi) is 6.42. The van der Waals surface area contributed by atoms with Crippen molar-refractivity contribution in [3.8, 4) is 0 Å². The quantitative estimate of drug-likeness (QED) is 0.581. The minimum absolute atomic E-state index is 0.135. The van der Waals surface area contributed by atoms with Gasteiger partial charge in [-0.3, -0.25) is 14.9 Å². The maximum Gasteiger partial charge on any atom is 0.250 e. The summed E-state index contributed by atoms with van der Waals surface area (Å²) in [5.41, 5.74) is 3.50. The Hall–Kier alpha value is -2.99. The van der Waals surface area contributed by atoms with E-state index in [0.717, 1.165) is 11.1 Å². The van der Waals surface area contributed by atoms with Crippen LogP contribution in [0, 0.1) is 6.92 Å². The highest BCUT2D eigenvalue weighted by Crippen LogP contribution is 2.13. The highest BCUT2D eigenvalue weighted by molar-refractivity contribution is 7.80. The number of rotatable bonds is 4. The summed E-state index contributed by atoms with van der Waals surface area (Å²) < 4.78 is 0. The van der Waals surface area contributed by atoms with Crippen LogP contribution in [0.2, 0.25) is 0 Å².